The Balaban J connectivity index is 1.99. The summed E-state index contributed by atoms with van der Waals surface area (Å²) in [5, 5.41) is 9.99. The number of rotatable bonds is 2. The van der Waals surface area contributed by atoms with Gasteiger partial charge in [-0.1, -0.05) is 25.3 Å². The van der Waals surface area contributed by atoms with Crippen LogP contribution in [0.1, 0.15) is 38.5 Å². The van der Waals surface area contributed by atoms with E-state index in [-0.39, 0.29) is 11.9 Å². The van der Waals surface area contributed by atoms with Gasteiger partial charge in [-0.25, -0.2) is 4.39 Å². The van der Waals surface area contributed by atoms with Crippen LogP contribution in [0.4, 0.5) is 4.39 Å². The summed E-state index contributed by atoms with van der Waals surface area (Å²) in [5.41, 5.74) is 0. The van der Waals surface area contributed by atoms with Gasteiger partial charge in [0.05, 0.1) is 6.10 Å². The fraction of sp³-hybridized carbons (Fsp3) is 0.571. The first-order chi connectivity index (χ1) is 8.25. The molecule has 0 saturated heterocycles. The standard InChI is InChI=1S/C14H19FO2/c15-11-6-5-7-12(10-11)17-14-9-4-2-1-3-8-13(14)16/h5-7,10,13-14,16H,1-4,8-9H2. The molecule has 1 aromatic rings. The van der Waals surface area contributed by atoms with E-state index in [1.807, 2.05) is 0 Å². The van der Waals surface area contributed by atoms with Crippen molar-refractivity contribution in [1.29, 1.82) is 0 Å². The van der Waals surface area contributed by atoms with E-state index in [9.17, 15) is 9.50 Å². The van der Waals surface area contributed by atoms with Crippen molar-refractivity contribution in [2.75, 3.05) is 0 Å². The maximum atomic E-state index is 13.0. The molecule has 1 aliphatic carbocycles. The zero-order valence-corrected chi connectivity index (χ0v) is 9.94. The highest BCUT2D eigenvalue weighted by Gasteiger charge is 2.22. The molecule has 1 N–H and O–H groups in total. The van der Waals surface area contributed by atoms with Gasteiger partial charge in [0.15, 0.2) is 0 Å². The van der Waals surface area contributed by atoms with Crippen molar-refractivity contribution in [1.82, 2.24) is 0 Å². The van der Waals surface area contributed by atoms with Crippen LogP contribution in [-0.4, -0.2) is 17.3 Å². The maximum Gasteiger partial charge on any atom is 0.126 e. The lowest BCUT2D eigenvalue weighted by molar-refractivity contribution is 0.0186. The molecule has 2 unspecified atom stereocenters. The van der Waals surface area contributed by atoms with Gasteiger partial charge in [0, 0.05) is 6.07 Å². The van der Waals surface area contributed by atoms with Crippen molar-refractivity contribution >= 4 is 0 Å². The molecular formula is C14H19FO2. The van der Waals surface area contributed by atoms with Crippen molar-refractivity contribution in [2.45, 2.75) is 50.7 Å². The minimum absolute atomic E-state index is 0.197. The van der Waals surface area contributed by atoms with Crippen molar-refractivity contribution < 1.29 is 14.2 Å². The van der Waals surface area contributed by atoms with E-state index in [0.29, 0.717) is 5.75 Å². The minimum atomic E-state index is -0.432. The topological polar surface area (TPSA) is 29.5 Å². The van der Waals surface area contributed by atoms with Gasteiger partial charge in [0.1, 0.15) is 17.7 Å². The first kappa shape index (κ1) is 12.4. The van der Waals surface area contributed by atoms with Crippen LogP contribution in [0, 0.1) is 5.82 Å². The van der Waals surface area contributed by atoms with Crippen molar-refractivity contribution in [3.8, 4) is 5.75 Å². The largest absolute Gasteiger partial charge is 0.488 e. The Labute approximate surface area is 101 Å². The Morgan fingerprint density at radius 2 is 1.88 bits per heavy atom. The predicted molar refractivity (Wildman–Crippen MR) is 64.5 cm³/mol. The smallest absolute Gasteiger partial charge is 0.126 e. The monoisotopic (exact) mass is 238 g/mol. The second-order valence-electron chi connectivity index (χ2n) is 4.67. The molecular weight excluding hydrogens is 219 g/mol. The van der Waals surface area contributed by atoms with Crippen LogP contribution in [0.3, 0.4) is 0 Å². The summed E-state index contributed by atoms with van der Waals surface area (Å²) >= 11 is 0. The van der Waals surface area contributed by atoms with E-state index in [4.69, 9.17) is 4.74 Å². The fourth-order valence-electron chi connectivity index (χ4n) is 2.28. The van der Waals surface area contributed by atoms with Gasteiger partial charge in [-0.3, -0.25) is 0 Å². The number of hydrogen-bond donors (Lipinski definition) is 1. The Bertz CT molecular complexity index is 354. The van der Waals surface area contributed by atoms with E-state index >= 15 is 0 Å². The molecule has 0 radical (unpaired) electrons. The van der Waals surface area contributed by atoms with Crippen molar-refractivity contribution in [2.24, 2.45) is 0 Å². The highest BCUT2D eigenvalue weighted by Crippen LogP contribution is 2.23. The summed E-state index contributed by atoms with van der Waals surface area (Å²) in [7, 11) is 0. The third kappa shape index (κ3) is 3.70. The van der Waals surface area contributed by atoms with Crippen LogP contribution in [0.5, 0.6) is 5.75 Å². The van der Waals surface area contributed by atoms with Gasteiger partial charge < -0.3 is 9.84 Å². The third-order valence-electron chi connectivity index (χ3n) is 3.25. The molecule has 1 fully saturated rings. The van der Waals surface area contributed by atoms with Crippen LogP contribution in [-0.2, 0) is 0 Å². The molecule has 2 atom stereocenters. The number of halogens is 1. The Kier molecular flexibility index (Phi) is 4.37. The lowest BCUT2D eigenvalue weighted by atomic mass is 9.96. The molecule has 1 saturated carbocycles. The first-order valence-electron chi connectivity index (χ1n) is 6.36. The van der Waals surface area contributed by atoms with Crippen LogP contribution in [0.2, 0.25) is 0 Å². The number of hydrogen-bond acceptors (Lipinski definition) is 2. The van der Waals surface area contributed by atoms with E-state index in [1.165, 1.54) is 25.0 Å². The van der Waals surface area contributed by atoms with Crippen molar-refractivity contribution in [3.05, 3.63) is 30.1 Å². The normalized spacial score (nSPS) is 26.0. The average molecular weight is 238 g/mol. The van der Waals surface area contributed by atoms with Crippen LogP contribution < -0.4 is 4.74 Å². The molecule has 0 aromatic heterocycles. The summed E-state index contributed by atoms with van der Waals surface area (Å²) < 4.78 is 18.7. The Morgan fingerprint density at radius 1 is 1.12 bits per heavy atom. The predicted octanol–water partition coefficient (Wildman–Crippen LogP) is 3.29. The molecule has 0 amide bonds. The van der Waals surface area contributed by atoms with Gasteiger partial charge in [0.2, 0.25) is 0 Å². The molecule has 2 rings (SSSR count). The molecule has 0 bridgehead atoms. The molecule has 17 heavy (non-hydrogen) atoms. The lowest BCUT2D eigenvalue weighted by Gasteiger charge is -2.26. The highest BCUT2D eigenvalue weighted by atomic mass is 19.1. The Hall–Kier alpha value is -1.09. The van der Waals surface area contributed by atoms with E-state index in [0.717, 1.165) is 25.7 Å². The number of aliphatic hydroxyl groups excluding tert-OH is 1. The van der Waals surface area contributed by atoms with E-state index < -0.39 is 6.10 Å². The van der Waals surface area contributed by atoms with Crippen LogP contribution >= 0.6 is 0 Å². The molecule has 0 spiro atoms. The maximum absolute atomic E-state index is 13.0. The molecule has 2 nitrogen and oxygen atoms in total. The zero-order chi connectivity index (χ0) is 12.1. The van der Waals surface area contributed by atoms with Gasteiger partial charge in [0.25, 0.3) is 0 Å². The third-order valence-corrected chi connectivity index (χ3v) is 3.25. The SMILES string of the molecule is OC1CCCCCCC1Oc1cccc(F)c1. The Morgan fingerprint density at radius 3 is 2.65 bits per heavy atom. The lowest BCUT2D eigenvalue weighted by Crippen LogP contribution is -2.32. The summed E-state index contributed by atoms with van der Waals surface area (Å²) in [6, 6.07) is 6.11. The van der Waals surface area contributed by atoms with Gasteiger partial charge in [-0.15, -0.1) is 0 Å². The molecule has 94 valence electrons. The summed E-state index contributed by atoms with van der Waals surface area (Å²) in [5.74, 6) is 0.206. The fourth-order valence-corrected chi connectivity index (χ4v) is 2.28. The molecule has 0 heterocycles. The molecule has 1 aliphatic rings. The molecule has 3 heteroatoms. The summed E-state index contributed by atoms with van der Waals surface area (Å²) in [6.45, 7) is 0. The second kappa shape index (κ2) is 6.01. The average Bonchev–Trinajstić information content (AvgIpc) is 2.29. The van der Waals surface area contributed by atoms with Crippen LogP contribution in [0.25, 0.3) is 0 Å². The molecule has 0 aliphatic heterocycles. The van der Waals surface area contributed by atoms with Crippen LogP contribution in [0.15, 0.2) is 24.3 Å². The van der Waals surface area contributed by atoms with E-state index in [2.05, 4.69) is 0 Å². The summed E-state index contributed by atoms with van der Waals surface area (Å²) in [4.78, 5) is 0. The van der Waals surface area contributed by atoms with Gasteiger partial charge in [-0.05, 0) is 31.4 Å². The van der Waals surface area contributed by atoms with Gasteiger partial charge >= 0.3 is 0 Å². The highest BCUT2D eigenvalue weighted by molar-refractivity contribution is 5.22. The number of ether oxygens (including phenoxy) is 1. The quantitative estimate of drug-likeness (QED) is 0.856. The summed E-state index contributed by atoms with van der Waals surface area (Å²) in [6.07, 6.45) is 5.48. The van der Waals surface area contributed by atoms with E-state index in [1.54, 1.807) is 12.1 Å². The van der Waals surface area contributed by atoms with Crippen molar-refractivity contribution in [3.63, 3.8) is 0 Å². The first-order valence-corrected chi connectivity index (χ1v) is 6.36. The van der Waals surface area contributed by atoms with Gasteiger partial charge in [-0.2, -0.15) is 0 Å². The zero-order valence-electron chi connectivity index (χ0n) is 9.94. The number of aliphatic hydroxyl groups is 1. The second-order valence-corrected chi connectivity index (χ2v) is 4.67. The molecule has 1 aromatic carbocycles. The number of benzene rings is 1. The minimum Gasteiger partial charge on any atom is -0.488 e.